The summed E-state index contributed by atoms with van der Waals surface area (Å²) >= 11 is 5.92. The monoisotopic (exact) mass is 578 g/mol. The van der Waals surface area contributed by atoms with Gasteiger partial charge >= 0.3 is 0 Å². The van der Waals surface area contributed by atoms with Crippen LogP contribution in [-0.4, -0.2) is 41.0 Å². The van der Waals surface area contributed by atoms with Gasteiger partial charge in [-0.3, -0.25) is 5.43 Å². The molecule has 4 aromatic rings. The van der Waals surface area contributed by atoms with Gasteiger partial charge in [0.05, 0.1) is 0 Å². The van der Waals surface area contributed by atoms with E-state index in [1.54, 1.807) is 0 Å². The molecule has 0 saturated heterocycles. The molecule has 4 rings (SSSR count). The van der Waals surface area contributed by atoms with Crippen molar-refractivity contribution in [3.8, 4) is 0 Å². The fourth-order valence-corrected chi connectivity index (χ4v) is 3.45. The van der Waals surface area contributed by atoms with E-state index in [1.165, 1.54) is 0 Å². The van der Waals surface area contributed by atoms with Gasteiger partial charge in [-0.05, 0) is 64.3 Å². The maximum atomic E-state index is 5.92. The number of nitrogens with one attached hydrogen (secondary N) is 5. The number of hydrogen-bond donors (Lipinski definition) is 6. The van der Waals surface area contributed by atoms with Crippen LogP contribution >= 0.6 is 11.6 Å². The van der Waals surface area contributed by atoms with Gasteiger partial charge in [-0.2, -0.15) is 29.9 Å². The van der Waals surface area contributed by atoms with Crippen LogP contribution in [0, 0.1) is 0 Å². The van der Waals surface area contributed by atoms with Gasteiger partial charge in [0.2, 0.25) is 35.0 Å². The van der Waals surface area contributed by atoms with Gasteiger partial charge in [0.25, 0.3) is 0 Å². The highest BCUT2D eigenvalue weighted by molar-refractivity contribution is 6.28. The molecule has 12 nitrogen and oxygen atoms in total. The Morgan fingerprint density at radius 1 is 0.561 bits per heavy atom. The standard InChI is InChI=1S/C14H18ClN5.C14H21N7/c1-14(2,3)20-13-18-11(15)17-12(19-13)16-9-10-7-5-4-6-8-10;1-14(2,3)20-12-17-11(18-13(19-12)21-15)16-9-10-7-5-4-6-8-10/h4-8H,9H2,1-3H3,(H2,16,17,18,19,20);4-8H,9,15H2,1-3H3,(H3,16,17,18,19,20,21). The molecule has 0 aliphatic heterocycles. The van der Waals surface area contributed by atoms with E-state index in [9.17, 15) is 0 Å². The molecule has 0 atom stereocenters. The van der Waals surface area contributed by atoms with Crippen molar-refractivity contribution in [3.63, 3.8) is 0 Å². The SMILES string of the molecule is CC(C)(C)Nc1nc(Cl)nc(NCc2ccccc2)n1.CC(C)(C)Nc1nc(NN)nc(NCc2ccccc2)n1. The minimum absolute atomic E-state index is 0.138. The summed E-state index contributed by atoms with van der Waals surface area (Å²) in [6, 6.07) is 20.0. The maximum absolute atomic E-state index is 5.92. The van der Waals surface area contributed by atoms with Gasteiger partial charge < -0.3 is 21.3 Å². The number of anilines is 5. The Morgan fingerprint density at radius 2 is 0.927 bits per heavy atom. The number of halogens is 1. The van der Waals surface area contributed by atoms with Crippen LogP contribution in [0.4, 0.5) is 29.7 Å². The molecule has 41 heavy (non-hydrogen) atoms. The number of hydrogen-bond acceptors (Lipinski definition) is 12. The molecule has 0 unspecified atom stereocenters. The normalized spacial score (nSPS) is 11.1. The van der Waals surface area contributed by atoms with Gasteiger partial charge in [0.1, 0.15) is 0 Å². The maximum Gasteiger partial charge on any atom is 0.243 e. The van der Waals surface area contributed by atoms with E-state index in [2.05, 4.69) is 56.6 Å². The topological polar surface area (TPSA) is 164 Å². The molecular weight excluding hydrogens is 540 g/mol. The number of nitrogens with two attached hydrogens (primary N) is 1. The Balaban J connectivity index is 0.000000226. The highest BCUT2D eigenvalue weighted by Gasteiger charge is 2.14. The third-order valence-electron chi connectivity index (χ3n) is 4.93. The lowest BCUT2D eigenvalue weighted by molar-refractivity contribution is 0.624. The lowest BCUT2D eigenvalue weighted by Crippen LogP contribution is -2.28. The van der Waals surface area contributed by atoms with E-state index in [1.807, 2.05) is 102 Å². The first-order valence-corrected chi connectivity index (χ1v) is 13.5. The molecule has 0 saturated carbocycles. The Morgan fingerprint density at radius 3 is 1.37 bits per heavy atom. The van der Waals surface area contributed by atoms with Crippen molar-refractivity contribution in [2.45, 2.75) is 65.7 Å². The lowest BCUT2D eigenvalue weighted by atomic mass is 10.1. The zero-order valence-electron chi connectivity index (χ0n) is 24.3. The number of nitrogen functional groups attached to an aromatic ring is 1. The molecule has 0 spiro atoms. The fourth-order valence-electron chi connectivity index (χ4n) is 3.29. The average Bonchev–Trinajstić information content (AvgIpc) is 2.90. The van der Waals surface area contributed by atoms with Crippen molar-refractivity contribution >= 4 is 41.3 Å². The second kappa shape index (κ2) is 14.4. The zero-order chi connectivity index (χ0) is 29.9. The predicted molar refractivity (Wildman–Crippen MR) is 167 cm³/mol. The molecular formula is C28H39ClN12. The van der Waals surface area contributed by atoms with Crippen molar-refractivity contribution in [3.05, 3.63) is 77.1 Å². The lowest BCUT2D eigenvalue weighted by Gasteiger charge is -2.20. The first-order chi connectivity index (χ1) is 19.4. The summed E-state index contributed by atoms with van der Waals surface area (Å²) in [6.07, 6.45) is 0. The van der Waals surface area contributed by atoms with E-state index < -0.39 is 0 Å². The molecule has 2 heterocycles. The van der Waals surface area contributed by atoms with Crippen molar-refractivity contribution in [1.82, 2.24) is 29.9 Å². The molecule has 0 radical (unpaired) electrons. The van der Waals surface area contributed by atoms with E-state index in [-0.39, 0.29) is 16.4 Å². The van der Waals surface area contributed by atoms with Gasteiger partial charge in [-0.15, -0.1) is 0 Å². The Hall–Kier alpha value is -4.29. The van der Waals surface area contributed by atoms with Crippen LogP contribution in [0.1, 0.15) is 52.7 Å². The van der Waals surface area contributed by atoms with E-state index in [0.29, 0.717) is 42.8 Å². The van der Waals surface area contributed by atoms with Crippen LogP contribution in [0.15, 0.2) is 60.7 Å². The minimum Gasteiger partial charge on any atom is -0.350 e. The molecule has 0 amide bonds. The average molecular weight is 579 g/mol. The smallest absolute Gasteiger partial charge is 0.243 e. The third-order valence-corrected chi connectivity index (χ3v) is 5.10. The third kappa shape index (κ3) is 12.2. The van der Waals surface area contributed by atoms with E-state index >= 15 is 0 Å². The van der Waals surface area contributed by atoms with Gasteiger partial charge in [-0.25, -0.2) is 5.84 Å². The summed E-state index contributed by atoms with van der Waals surface area (Å²) in [7, 11) is 0. The molecule has 0 aliphatic carbocycles. The van der Waals surface area contributed by atoms with Gasteiger partial charge in [-0.1, -0.05) is 60.7 Å². The number of aromatic nitrogens is 6. The Labute approximate surface area is 246 Å². The van der Waals surface area contributed by atoms with E-state index in [4.69, 9.17) is 17.4 Å². The molecule has 13 heteroatoms. The molecule has 218 valence electrons. The van der Waals surface area contributed by atoms with Crippen LogP contribution in [0.25, 0.3) is 0 Å². The highest BCUT2D eigenvalue weighted by atomic mass is 35.5. The number of hydrazine groups is 1. The summed E-state index contributed by atoms with van der Waals surface area (Å²) in [6.45, 7) is 13.4. The van der Waals surface area contributed by atoms with Crippen LogP contribution in [0.3, 0.4) is 0 Å². The van der Waals surface area contributed by atoms with Gasteiger partial charge in [0, 0.05) is 24.2 Å². The number of rotatable bonds is 9. The fraction of sp³-hybridized carbons (Fsp3) is 0.357. The second-order valence-corrected chi connectivity index (χ2v) is 11.5. The first kappa shape index (κ1) is 31.2. The molecule has 2 aromatic carbocycles. The van der Waals surface area contributed by atoms with Crippen LogP contribution < -0.4 is 32.5 Å². The van der Waals surface area contributed by atoms with Crippen molar-refractivity contribution in [2.24, 2.45) is 5.84 Å². The molecule has 0 fully saturated rings. The highest BCUT2D eigenvalue weighted by Crippen LogP contribution is 2.16. The Bertz CT molecular complexity index is 1360. The van der Waals surface area contributed by atoms with Crippen molar-refractivity contribution < 1.29 is 0 Å². The summed E-state index contributed by atoms with van der Waals surface area (Å²) < 4.78 is 0. The molecule has 2 aromatic heterocycles. The largest absolute Gasteiger partial charge is 0.350 e. The number of benzene rings is 2. The molecule has 0 bridgehead atoms. The Kier molecular flexibility index (Phi) is 11.0. The number of nitrogens with zero attached hydrogens (tertiary/aromatic N) is 6. The van der Waals surface area contributed by atoms with Gasteiger partial charge in [0.15, 0.2) is 0 Å². The quantitative estimate of drug-likeness (QED) is 0.112. The van der Waals surface area contributed by atoms with Crippen molar-refractivity contribution in [1.29, 1.82) is 0 Å². The second-order valence-electron chi connectivity index (χ2n) is 11.1. The summed E-state index contributed by atoms with van der Waals surface area (Å²) in [5.41, 5.74) is 4.45. The van der Waals surface area contributed by atoms with Crippen LogP contribution in [0.2, 0.25) is 5.28 Å². The van der Waals surface area contributed by atoms with Crippen LogP contribution in [-0.2, 0) is 13.1 Å². The van der Waals surface area contributed by atoms with Crippen molar-refractivity contribution in [2.75, 3.05) is 26.7 Å². The van der Waals surface area contributed by atoms with Crippen LogP contribution in [0.5, 0.6) is 0 Å². The molecule has 0 aliphatic rings. The molecule has 7 N–H and O–H groups in total. The first-order valence-electron chi connectivity index (χ1n) is 13.1. The summed E-state index contributed by atoms with van der Waals surface area (Å²) in [5.74, 6) is 7.58. The minimum atomic E-state index is -0.149. The zero-order valence-corrected chi connectivity index (χ0v) is 25.1. The van der Waals surface area contributed by atoms with E-state index in [0.717, 1.165) is 11.1 Å². The summed E-state index contributed by atoms with van der Waals surface area (Å²) in [4.78, 5) is 25.2. The summed E-state index contributed by atoms with van der Waals surface area (Å²) in [5, 5.41) is 12.8. The predicted octanol–water partition coefficient (Wildman–Crippen LogP) is 5.33.